The zero-order valence-electron chi connectivity index (χ0n) is 8.25. The zero-order valence-corrected chi connectivity index (χ0v) is 9.84. The average Bonchev–Trinajstić information content (AvgIpc) is 2.20. The van der Waals surface area contributed by atoms with Gasteiger partial charge >= 0.3 is 0 Å². The monoisotopic (exact) mass is 259 g/mol. The Balaban J connectivity index is 2.95. The summed E-state index contributed by atoms with van der Waals surface area (Å²) in [4.78, 5) is 0. The minimum absolute atomic E-state index is 0.0304. The predicted octanol–water partition coefficient (Wildman–Crippen LogP) is 1.71. The second-order valence-electron chi connectivity index (χ2n) is 2.92. The van der Waals surface area contributed by atoms with Gasteiger partial charge in [0, 0.05) is 0 Å². The topological polar surface area (TPSA) is 41.5 Å². The molecule has 0 aliphatic carbocycles. The molecule has 0 amide bonds. The number of aliphatic hydroxyl groups is 1. The third kappa shape index (κ3) is 2.47. The Kier molecular flexibility index (Phi) is 4.38. The van der Waals surface area contributed by atoms with E-state index in [2.05, 4.69) is 21.2 Å². The van der Waals surface area contributed by atoms with E-state index in [1.165, 1.54) is 0 Å². The third-order valence-electron chi connectivity index (χ3n) is 2.11. The quantitative estimate of drug-likeness (QED) is 0.866. The number of benzene rings is 1. The molecule has 0 saturated carbocycles. The van der Waals surface area contributed by atoms with Gasteiger partial charge in [0.25, 0.3) is 0 Å². The summed E-state index contributed by atoms with van der Waals surface area (Å²) in [5, 5.41) is 12.1. The van der Waals surface area contributed by atoms with Crippen LogP contribution >= 0.6 is 15.9 Å². The van der Waals surface area contributed by atoms with Crippen LogP contribution in [0.3, 0.4) is 0 Å². The third-order valence-corrected chi connectivity index (χ3v) is 2.73. The maximum Gasteiger partial charge on any atom is 0.133 e. The van der Waals surface area contributed by atoms with E-state index < -0.39 is 0 Å². The van der Waals surface area contributed by atoms with Crippen LogP contribution in [0.5, 0.6) is 5.75 Å². The second-order valence-corrected chi connectivity index (χ2v) is 3.77. The Bertz CT molecular complexity index is 300. The normalized spacial score (nSPS) is 12.6. The number of hydrogen-bond acceptors (Lipinski definition) is 3. The van der Waals surface area contributed by atoms with E-state index in [0.29, 0.717) is 0 Å². The molecule has 3 nitrogen and oxygen atoms in total. The van der Waals surface area contributed by atoms with Gasteiger partial charge in [-0.1, -0.05) is 6.07 Å². The molecule has 0 radical (unpaired) electrons. The van der Waals surface area contributed by atoms with Crippen molar-refractivity contribution < 1.29 is 9.84 Å². The first kappa shape index (κ1) is 11.5. The summed E-state index contributed by atoms with van der Waals surface area (Å²) in [7, 11) is 3.44. The molecule has 0 saturated heterocycles. The second kappa shape index (κ2) is 5.34. The molecule has 0 aromatic heterocycles. The summed E-state index contributed by atoms with van der Waals surface area (Å²) in [5.41, 5.74) is 1.03. The van der Waals surface area contributed by atoms with E-state index in [1.807, 2.05) is 25.2 Å². The minimum Gasteiger partial charge on any atom is -0.496 e. The van der Waals surface area contributed by atoms with Gasteiger partial charge in [0.1, 0.15) is 5.75 Å². The number of ether oxygens (including phenoxy) is 1. The van der Waals surface area contributed by atoms with Crippen LogP contribution in [-0.2, 0) is 0 Å². The van der Waals surface area contributed by atoms with Crippen molar-refractivity contribution in [3.63, 3.8) is 0 Å². The van der Waals surface area contributed by atoms with Crippen LogP contribution in [0.4, 0.5) is 0 Å². The molecule has 0 spiro atoms. The molecule has 14 heavy (non-hydrogen) atoms. The van der Waals surface area contributed by atoms with Crippen molar-refractivity contribution in [3.05, 3.63) is 28.2 Å². The van der Waals surface area contributed by atoms with Gasteiger partial charge in [0.15, 0.2) is 0 Å². The van der Waals surface area contributed by atoms with Crippen LogP contribution in [0.2, 0.25) is 0 Å². The molecule has 1 aromatic rings. The van der Waals surface area contributed by atoms with Crippen LogP contribution in [-0.4, -0.2) is 25.9 Å². The van der Waals surface area contributed by atoms with E-state index >= 15 is 0 Å². The van der Waals surface area contributed by atoms with Crippen LogP contribution in [0.25, 0.3) is 0 Å². The number of likely N-dealkylation sites (N-methyl/N-ethyl adjacent to an activating group) is 1. The molecule has 0 aliphatic heterocycles. The molecule has 1 aromatic carbocycles. The summed E-state index contributed by atoms with van der Waals surface area (Å²) >= 11 is 3.40. The van der Waals surface area contributed by atoms with E-state index in [9.17, 15) is 0 Å². The largest absolute Gasteiger partial charge is 0.496 e. The Morgan fingerprint density at radius 3 is 2.71 bits per heavy atom. The first-order valence-electron chi connectivity index (χ1n) is 4.34. The molecule has 1 unspecified atom stereocenters. The fraction of sp³-hybridized carbons (Fsp3) is 0.400. The van der Waals surface area contributed by atoms with Gasteiger partial charge in [-0.3, -0.25) is 0 Å². The van der Waals surface area contributed by atoms with Crippen LogP contribution < -0.4 is 10.1 Å². The zero-order chi connectivity index (χ0) is 10.6. The maximum atomic E-state index is 9.09. The Morgan fingerprint density at radius 2 is 2.29 bits per heavy atom. The Morgan fingerprint density at radius 1 is 1.57 bits per heavy atom. The number of halogens is 1. The van der Waals surface area contributed by atoms with Crippen LogP contribution in [0.1, 0.15) is 11.6 Å². The number of nitrogens with one attached hydrogen (secondary N) is 1. The predicted molar refractivity (Wildman–Crippen MR) is 59.6 cm³/mol. The van der Waals surface area contributed by atoms with Gasteiger partial charge in [0.2, 0.25) is 0 Å². The summed E-state index contributed by atoms with van der Waals surface area (Å²) in [5.74, 6) is 0.793. The van der Waals surface area contributed by atoms with E-state index in [4.69, 9.17) is 9.84 Å². The lowest BCUT2D eigenvalue weighted by Gasteiger charge is -2.14. The van der Waals surface area contributed by atoms with Crippen molar-refractivity contribution in [1.29, 1.82) is 0 Å². The van der Waals surface area contributed by atoms with Crippen LogP contribution in [0, 0.1) is 0 Å². The molecule has 1 atom stereocenters. The highest BCUT2D eigenvalue weighted by molar-refractivity contribution is 9.10. The smallest absolute Gasteiger partial charge is 0.133 e. The molecule has 4 heteroatoms. The van der Waals surface area contributed by atoms with Gasteiger partial charge in [-0.05, 0) is 40.7 Å². The maximum absolute atomic E-state index is 9.09. The molecule has 78 valence electrons. The summed E-state index contributed by atoms with van der Waals surface area (Å²) in [6, 6.07) is 5.72. The minimum atomic E-state index is -0.0304. The molecular weight excluding hydrogens is 246 g/mol. The summed E-state index contributed by atoms with van der Waals surface area (Å²) in [6.45, 7) is 0.0786. The van der Waals surface area contributed by atoms with Crippen molar-refractivity contribution in [2.45, 2.75) is 6.04 Å². The molecule has 0 bridgehead atoms. The van der Waals surface area contributed by atoms with Crippen molar-refractivity contribution >= 4 is 15.9 Å². The molecule has 0 heterocycles. The number of methoxy groups -OCH3 is 1. The van der Waals surface area contributed by atoms with E-state index in [1.54, 1.807) is 7.11 Å². The first-order valence-corrected chi connectivity index (χ1v) is 5.13. The number of hydrogen-bond donors (Lipinski definition) is 2. The molecule has 2 N–H and O–H groups in total. The lowest BCUT2D eigenvalue weighted by atomic mass is 10.1. The number of rotatable bonds is 4. The molecule has 1 rings (SSSR count). The van der Waals surface area contributed by atoms with Crippen LogP contribution in [0.15, 0.2) is 22.7 Å². The lowest BCUT2D eigenvalue weighted by molar-refractivity contribution is 0.251. The standard InChI is InChI=1S/C10H14BrNO2/c1-12-9(6-13)7-3-4-10(14-2)8(11)5-7/h3-5,9,12-13H,6H2,1-2H3. The highest BCUT2D eigenvalue weighted by Crippen LogP contribution is 2.27. The summed E-state index contributed by atoms with van der Waals surface area (Å²) < 4.78 is 6.01. The SMILES string of the molecule is CNC(CO)c1ccc(OC)c(Br)c1. The van der Waals surface area contributed by atoms with Crippen molar-refractivity contribution in [2.24, 2.45) is 0 Å². The highest BCUT2D eigenvalue weighted by atomic mass is 79.9. The van der Waals surface area contributed by atoms with Gasteiger partial charge < -0.3 is 15.2 Å². The van der Waals surface area contributed by atoms with Gasteiger partial charge in [0.05, 0.1) is 24.2 Å². The Hall–Kier alpha value is -0.580. The summed E-state index contributed by atoms with van der Waals surface area (Å²) in [6.07, 6.45) is 0. The highest BCUT2D eigenvalue weighted by Gasteiger charge is 2.09. The van der Waals surface area contributed by atoms with Gasteiger partial charge in [-0.2, -0.15) is 0 Å². The van der Waals surface area contributed by atoms with Crippen molar-refractivity contribution in [1.82, 2.24) is 5.32 Å². The fourth-order valence-electron chi connectivity index (χ4n) is 1.26. The molecule has 0 fully saturated rings. The fourth-order valence-corrected chi connectivity index (χ4v) is 1.82. The van der Waals surface area contributed by atoms with Crippen molar-refractivity contribution in [2.75, 3.05) is 20.8 Å². The number of aliphatic hydroxyl groups excluding tert-OH is 1. The lowest BCUT2D eigenvalue weighted by Crippen LogP contribution is -2.19. The molecule has 0 aliphatic rings. The first-order chi connectivity index (χ1) is 6.72. The van der Waals surface area contributed by atoms with E-state index in [-0.39, 0.29) is 12.6 Å². The van der Waals surface area contributed by atoms with E-state index in [0.717, 1.165) is 15.8 Å². The van der Waals surface area contributed by atoms with Gasteiger partial charge in [-0.15, -0.1) is 0 Å². The Labute approximate surface area is 92.2 Å². The average molecular weight is 260 g/mol. The van der Waals surface area contributed by atoms with Crippen molar-refractivity contribution in [3.8, 4) is 5.75 Å². The molecular formula is C10H14BrNO2. The van der Waals surface area contributed by atoms with Gasteiger partial charge in [-0.25, -0.2) is 0 Å².